The van der Waals surface area contributed by atoms with Crippen molar-refractivity contribution in [3.63, 3.8) is 0 Å². The van der Waals surface area contributed by atoms with E-state index in [1.807, 2.05) is 0 Å². The van der Waals surface area contributed by atoms with Crippen LogP contribution in [0.4, 0.5) is 0 Å². The second-order valence-electron chi connectivity index (χ2n) is 15.3. The van der Waals surface area contributed by atoms with Crippen molar-refractivity contribution in [2.24, 2.45) is 0 Å². The molecule has 0 aromatic rings. The molecule has 2 nitrogen and oxygen atoms in total. The van der Waals surface area contributed by atoms with Crippen molar-refractivity contribution < 1.29 is 0 Å². The summed E-state index contributed by atoms with van der Waals surface area (Å²) in [6.07, 6.45) is 53.6. The zero-order valence-electron chi connectivity index (χ0n) is 34.3. The van der Waals surface area contributed by atoms with Gasteiger partial charge >= 0.3 is 0 Å². The van der Waals surface area contributed by atoms with Gasteiger partial charge in [0.25, 0.3) is 0 Å². The Labute approximate surface area is 319 Å². The Morgan fingerprint density at radius 3 is 0.667 bits per heavy atom. The van der Waals surface area contributed by atoms with Crippen molar-refractivity contribution >= 4 is 24.8 Å². The van der Waals surface area contributed by atoms with Gasteiger partial charge in [0.1, 0.15) is 0 Å². The van der Waals surface area contributed by atoms with E-state index in [-0.39, 0.29) is 24.8 Å². The Morgan fingerprint density at radius 1 is 0.271 bits per heavy atom. The zero-order chi connectivity index (χ0) is 34.0. The van der Waals surface area contributed by atoms with E-state index in [0.29, 0.717) is 0 Å². The van der Waals surface area contributed by atoms with E-state index in [1.54, 1.807) is 0 Å². The van der Waals surface area contributed by atoms with E-state index in [0.717, 1.165) is 0 Å². The fourth-order valence-electron chi connectivity index (χ4n) is 6.36. The molecule has 0 N–H and O–H groups in total. The van der Waals surface area contributed by atoms with Gasteiger partial charge in [0.05, 0.1) is 0 Å². The molecule has 0 atom stereocenters. The van der Waals surface area contributed by atoms with Gasteiger partial charge in [0, 0.05) is 0 Å². The van der Waals surface area contributed by atoms with Gasteiger partial charge in [-0.1, -0.05) is 206 Å². The molecule has 48 heavy (non-hydrogen) atoms. The second kappa shape index (κ2) is 51.6. The number of rotatable bonds is 37. The van der Waals surface area contributed by atoms with E-state index in [4.69, 9.17) is 0 Å². The second-order valence-corrected chi connectivity index (χ2v) is 15.3. The van der Waals surface area contributed by atoms with Crippen LogP contribution in [-0.4, -0.2) is 51.1 Å². The Balaban J connectivity index is -0.000000393. The normalized spacial score (nSPS) is 11.2. The van der Waals surface area contributed by atoms with E-state index < -0.39 is 0 Å². The predicted molar refractivity (Wildman–Crippen MR) is 229 cm³/mol. The average Bonchev–Trinajstić information content (AvgIpc) is 3.03. The highest BCUT2D eigenvalue weighted by atomic mass is 35.5. The summed E-state index contributed by atoms with van der Waals surface area (Å²) in [6, 6.07) is 0. The van der Waals surface area contributed by atoms with Crippen LogP contribution in [0.25, 0.3) is 0 Å². The van der Waals surface area contributed by atoms with Gasteiger partial charge in [-0.3, -0.25) is 0 Å². The molecule has 4 heteroatoms. The Hall–Kier alpha value is 0.240. The van der Waals surface area contributed by atoms with Crippen LogP contribution < -0.4 is 0 Å². The maximum atomic E-state index is 2.41. The number of unbranched alkanes of at least 4 members (excludes halogenated alkanes) is 31. The summed E-state index contributed by atoms with van der Waals surface area (Å²) in [5, 5.41) is 0. The van der Waals surface area contributed by atoms with Crippen molar-refractivity contribution in [3.05, 3.63) is 12.2 Å². The summed E-state index contributed by atoms with van der Waals surface area (Å²) in [7, 11) is 8.68. The average molecular weight is 722 g/mol. The molecule has 294 valence electrons. The van der Waals surface area contributed by atoms with Gasteiger partial charge in [-0.25, -0.2) is 0 Å². The van der Waals surface area contributed by atoms with Crippen molar-refractivity contribution in [3.8, 4) is 0 Å². The van der Waals surface area contributed by atoms with Crippen LogP contribution in [0.2, 0.25) is 0 Å². The maximum absolute atomic E-state index is 2.41. The molecule has 0 fully saturated rings. The summed E-state index contributed by atoms with van der Waals surface area (Å²) in [6.45, 7) is 7.10. The smallest absolute Gasteiger partial charge is 0.00248 e. The largest absolute Gasteiger partial charge is 0.309 e. The Bertz CT molecular complexity index is 538. The van der Waals surface area contributed by atoms with Crippen molar-refractivity contribution in [1.82, 2.24) is 9.80 Å². The van der Waals surface area contributed by atoms with Crippen LogP contribution in [-0.2, 0) is 0 Å². The minimum atomic E-state index is 0. The number of nitrogens with zero attached hydrogens (tertiary/aromatic N) is 2. The fourth-order valence-corrected chi connectivity index (χ4v) is 6.36. The zero-order valence-corrected chi connectivity index (χ0v) is 36.0. The molecule has 0 bridgehead atoms. The van der Waals surface area contributed by atoms with Crippen molar-refractivity contribution in [2.45, 2.75) is 232 Å². The topological polar surface area (TPSA) is 6.48 Å². The van der Waals surface area contributed by atoms with Crippen LogP contribution >= 0.6 is 24.8 Å². The summed E-state index contributed by atoms with van der Waals surface area (Å²) in [5.74, 6) is 0. The van der Waals surface area contributed by atoms with Crippen LogP contribution in [0.1, 0.15) is 232 Å². The summed E-state index contributed by atoms with van der Waals surface area (Å²) >= 11 is 0. The molecule has 0 amide bonds. The highest BCUT2D eigenvalue weighted by molar-refractivity contribution is 5.85. The quantitative estimate of drug-likeness (QED) is 0.0465. The summed E-state index contributed by atoms with van der Waals surface area (Å²) in [4.78, 5) is 4.59. The lowest BCUT2D eigenvalue weighted by Gasteiger charge is -2.08. The van der Waals surface area contributed by atoms with Gasteiger partial charge in [-0.05, 0) is 79.8 Å². The molecule has 0 saturated heterocycles. The first kappa shape index (κ1) is 55.0. The van der Waals surface area contributed by atoms with Gasteiger partial charge in [-0.15, -0.1) is 24.8 Å². The van der Waals surface area contributed by atoms with E-state index in [2.05, 4.69) is 64.0 Å². The van der Waals surface area contributed by atoms with E-state index in [1.165, 1.54) is 231 Å². The third-order valence-electron chi connectivity index (χ3n) is 9.58. The molecule has 0 aliphatic heterocycles. The Morgan fingerprint density at radius 2 is 0.458 bits per heavy atom. The van der Waals surface area contributed by atoms with Gasteiger partial charge in [0.2, 0.25) is 0 Å². The lowest BCUT2D eigenvalue weighted by atomic mass is 10.0. The third kappa shape index (κ3) is 58.4. The monoisotopic (exact) mass is 721 g/mol. The SMILES string of the molecule is CCCCCCCC/C=C\CCCCCCCCN(C)C.CCCCCCCCCCCCCCCCCCCCCCN(C)C.Cl.Cl. The molecule has 0 rings (SSSR count). The lowest BCUT2D eigenvalue weighted by Crippen LogP contribution is -2.12. The number of halogens is 2. The molecule has 0 spiro atoms. The molecule has 0 saturated carbocycles. The van der Waals surface area contributed by atoms with Gasteiger partial charge in [-0.2, -0.15) is 0 Å². The Kier molecular flexibility index (Phi) is 59.1. The molecule has 0 aliphatic rings. The van der Waals surface area contributed by atoms with Gasteiger partial charge in [0.15, 0.2) is 0 Å². The lowest BCUT2D eigenvalue weighted by molar-refractivity contribution is 0.389. The van der Waals surface area contributed by atoms with E-state index >= 15 is 0 Å². The molecular formula is C44H94Cl2N2. The third-order valence-corrected chi connectivity index (χ3v) is 9.58. The molecule has 0 aromatic heterocycles. The fraction of sp³-hybridized carbons (Fsp3) is 0.955. The maximum Gasteiger partial charge on any atom is -0.00248 e. The number of allylic oxidation sites excluding steroid dienone is 2. The minimum absolute atomic E-state index is 0. The highest BCUT2D eigenvalue weighted by Crippen LogP contribution is 2.15. The van der Waals surface area contributed by atoms with Crippen LogP contribution in [0.15, 0.2) is 12.2 Å². The first-order valence-electron chi connectivity index (χ1n) is 21.5. The molecular weight excluding hydrogens is 627 g/mol. The molecule has 0 aliphatic carbocycles. The van der Waals surface area contributed by atoms with Crippen LogP contribution in [0.5, 0.6) is 0 Å². The molecule has 0 unspecified atom stereocenters. The standard InChI is InChI=1S/C24H51N.C20H41N.2ClH/c1-4-5-6-7-8-9-10-11-12-13-14-15-16-17-18-19-20-21-22-23-24-25(2)3;1-4-5-6-7-8-9-10-11-12-13-14-15-16-17-18-19-20-21(2)3;;/h4-24H2,1-3H3;11-12H,4-10,13-20H2,1-3H3;2*1H/b;12-11-;;. The summed E-state index contributed by atoms with van der Waals surface area (Å²) in [5.41, 5.74) is 0. The first-order valence-corrected chi connectivity index (χ1v) is 21.5. The van der Waals surface area contributed by atoms with Crippen LogP contribution in [0, 0.1) is 0 Å². The number of hydrogen-bond donors (Lipinski definition) is 0. The van der Waals surface area contributed by atoms with E-state index in [9.17, 15) is 0 Å². The first-order chi connectivity index (χ1) is 22.5. The number of hydrogen-bond acceptors (Lipinski definition) is 2. The predicted octanol–water partition coefficient (Wildman–Crippen LogP) is 15.8. The molecule has 0 heterocycles. The summed E-state index contributed by atoms with van der Waals surface area (Å²) < 4.78 is 0. The minimum Gasteiger partial charge on any atom is -0.309 e. The van der Waals surface area contributed by atoms with Crippen molar-refractivity contribution in [1.29, 1.82) is 0 Å². The van der Waals surface area contributed by atoms with Crippen LogP contribution in [0.3, 0.4) is 0 Å². The van der Waals surface area contributed by atoms with Gasteiger partial charge < -0.3 is 9.80 Å². The molecule has 0 aromatic carbocycles. The molecule has 0 radical (unpaired) electrons. The highest BCUT2D eigenvalue weighted by Gasteiger charge is 1.96. The van der Waals surface area contributed by atoms with Crippen molar-refractivity contribution in [2.75, 3.05) is 41.3 Å².